The van der Waals surface area contributed by atoms with Gasteiger partial charge in [-0.2, -0.15) is 10.2 Å². The Hall–Kier alpha value is -4.21. The van der Waals surface area contributed by atoms with Gasteiger partial charge in [-0.1, -0.05) is 0 Å². The van der Waals surface area contributed by atoms with E-state index in [4.69, 9.17) is 16.2 Å². The lowest BCUT2D eigenvalue weighted by Gasteiger charge is -2.21. The summed E-state index contributed by atoms with van der Waals surface area (Å²) in [6.07, 6.45) is 3.29. The molecule has 0 unspecified atom stereocenters. The third-order valence-corrected chi connectivity index (χ3v) is 6.02. The van der Waals surface area contributed by atoms with E-state index in [2.05, 4.69) is 15.2 Å². The summed E-state index contributed by atoms with van der Waals surface area (Å²) in [6.45, 7) is 4.26. The Morgan fingerprint density at radius 2 is 2.09 bits per heavy atom. The predicted molar refractivity (Wildman–Crippen MR) is 125 cm³/mol. The molecule has 5 rings (SSSR count). The molecular formula is C24H24FN7O2. The molecule has 34 heavy (non-hydrogen) atoms. The summed E-state index contributed by atoms with van der Waals surface area (Å²) in [5.74, 6) is -0.473. The van der Waals surface area contributed by atoms with Crippen LogP contribution in [0.3, 0.4) is 0 Å². The lowest BCUT2D eigenvalue weighted by Crippen LogP contribution is -2.14. The van der Waals surface area contributed by atoms with Crippen molar-refractivity contribution in [2.75, 3.05) is 5.73 Å². The zero-order chi connectivity index (χ0) is 24.1. The Morgan fingerprint density at radius 1 is 1.29 bits per heavy atom. The lowest BCUT2D eigenvalue weighted by atomic mass is 9.93. The third-order valence-electron chi connectivity index (χ3n) is 6.02. The molecule has 174 valence electrons. The summed E-state index contributed by atoms with van der Waals surface area (Å²) in [7, 11) is 1.81. The van der Waals surface area contributed by atoms with E-state index >= 15 is 0 Å². The summed E-state index contributed by atoms with van der Waals surface area (Å²) < 4.78 is 23.9. The molecule has 3 aromatic heterocycles. The summed E-state index contributed by atoms with van der Waals surface area (Å²) in [4.78, 5) is 16.7. The fraction of sp³-hybridized carbons (Fsp3) is 0.250. The molecule has 0 spiro atoms. The number of hydrogen-bond donors (Lipinski definition) is 2. The van der Waals surface area contributed by atoms with E-state index < -0.39 is 12.0 Å². The number of ether oxygens (including phenoxy) is 1. The van der Waals surface area contributed by atoms with Gasteiger partial charge in [-0.05, 0) is 38.1 Å². The minimum absolute atomic E-state index is 0.177. The van der Waals surface area contributed by atoms with Gasteiger partial charge in [0.2, 0.25) is 0 Å². The van der Waals surface area contributed by atoms with Crippen molar-refractivity contribution in [3.05, 3.63) is 64.9 Å². The molecule has 1 aliphatic heterocycles. The van der Waals surface area contributed by atoms with Gasteiger partial charge in [-0.15, -0.1) is 0 Å². The van der Waals surface area contributed by atoms with Crippen molar-refractivity contribution >= 4 is 11.7 Å². The molecule has 1 aromatic carbocycles. The quantitative estimate of drug-likeness (QED) is 0.472. The number of primary amides is 1. The SMILES string of the molecule is CCn1nc(C(N)=O)c2c1-c1cnc(N)c(c1)O[C@H](C)c1cc(F)ccc1-c1nn(C)cc1C2. The highest BCUT2D eigenvalue weighted by Crippen LogP contribution is 2.39. The first-order chi connectivity index (χ1) is 16.3. The van der Waals surface area contributed by atoms with Crippen LogP contribution in [-0.2, 0) is 20.0 Å². The number of fused-ring (bicyclic) bond motifs is 7. The van der Waals surface area contributed by atoms with Crippen LogP contribution < -0.4 is 16.2 Å². The number of halogens is 1. The number of nitrogen functional groups attached to an aromatic ring is 1. The molecule has 10 heteroatoms. The molecule has 1 amide bonds. The van der Waals surface area contributed by atoms with E-state index in [9.17, 15) is 9.18 Å². The van der Waals surface area contributed by atoms with Gasteiger partial charge in [-0.25, -0.2) is 9.37 Å². The minimum Gasteiger partial charge on any atom is -0.482 e. The Bertz CT molecular complexity index is 1440. The number of rotatable bonds is 2. The van der Waals surface area contributed by atoms with Gasteiger partial charge in [0.1, 0.15) is 11.9 Å². The lowest BCUT2D eigenvalue weighted by molar-refractivity contribution is 0.0994. The van der Waals surface area contributed by atoms with Gasteiger partial charge in [0, 0.05) is 60.2 Å². The van der Waals surface area contributed by atoms with Crippen LogP contribution in [0.15, 0.2) is 36.7 Å². The van der Waals surface area contributed by atoms with Crippen LogP contribution in [0.4, 0.5) is 10.2 Å². The van der Waals surface area contributed by atoms with E-state index in [0.29, 0.717) is 46.8 Å². The first-order valence-electron chi connectivity index (χ1n) is 10.9. The number of hydrogen-bond acceptors (Lipinski definition) is 6. The maximum Gasteiger partial charge on any atom is 0.269 e. The average molecular weight is 462 g/mol. The molecule has 0 fully saturated rings. The van der Waals surface area contributed by atoms with E-state index in [0.717, 1.165) is 11.1 Å². The Morgan fingerprint density at radius 3 is 2.82 bits per heavy atom. The standard InChI is InChI=1S/C24H24FN7O2/c1-4-32-22-13-8-19(23(26)28-10-13)34-12(2)17-9-15(25)5-6-16(17)20-14(11-31(3)29-20)7-18(22)21(30-32)24(27)33/h5-6,8-12H,4,7H2,1-3H3,(H2,26,28)(H2,27,33)/t12-/m1/s1. The predicted octanol–water partition coefficient (Wildman–Crippen LogP) is 3.23. The Labute approximate surface area is 195 Å². The van der Waals surface area contributed by atoms with E-state index in [1.54, 1.807) is 27.7 Å². The fourth-order valence-corrected chi connectivity index (χ4v) is 4.52. The van der Waals surface area contributed by atoms with E-state index in [1.807, 2.05) is 27.1 Å². The summed E-state index contributed by atoms with van der Waals surface area (Å²) >= 11 is 0. The Kier molecular flexibility index (Phi) is 5.07. The van der Waals surface area contributed by atoms with Crippen molar-refractivity contribution in [1.29, 1.82) is 0 Å². The van der Waals surface area contributed by atoms with Crippen molar-refractivity contribution in [3.63, 3.8) is 0 Å². The number of anilines is 1. The van der Waals surface area contributed by atoms with Gasteiger partial charge in [0.05, 0.1) is 11.4 Å². The molecule has 4 N–H and O–H groups in total. The summed E-state index contributed by atoms with van der Waals surface area (Å²) in [5, 5.41) is 9.16. The largest absolute Gasteiger partial charge is 0.482 e. The fourth-order valence-electron chi connectivity index (χ4n) is 4.52. The molecule has 9 nitrogen and oxygen atoms in total. The van der Waals surface area contributed by atoms with Crippen molar-refractivity contribution < 1.29 is 13.9 Å². The third kappa shape index (κ3) is 3.47. The zero-order valence-corrected chi connectivity index (χ0v) is 19.0. The van der Waals surface area contributed by atoms with Crippen LogP contribution in [0.5, 0.6) is 5.75 Å². The van der Waals surface area contributed by atoms with Crippen LogP contribution in [0.1, 0.15) is 47.1 Å². The topological polar surface area (TPSA) is 127 Å². The maximum atomic E-state index is 14.3. The Balaban J connectivity index is 1.86. The highest BCUT2D eigenvalue weighted by Gasteiger charge is 2.27. The van der Waals surface area contributed by atoms with Crippen molar-refractivity contribution in [2.45, 2.75) is 32.9 Å². The second-order valence-corrected chi connectivity index (χ2v) is 8.31. The van der Waals surface area contributed by atoms with Gasteiger partial charge >= 0.3 is 0 Å². The van der Waals surface area contributed by atoms with Crippen molar-refractivity contribution in [3.8, 4) is 28.3 Å². The zero-order valence-electron chi connectivity index (χ0n) is 19.0. The molecule has 0 saturated carbocycles. The van der Waals surface area contributed by atoms with Gasteiger partial charge in [-0.3, -0.25) is 14.2 Å². The first-order valence-corrected chi connectivity index (χ1v) is 10.9. The smallest absolute Gasteiger partial charge is 0.269 e. The van der Waals surface area contributed by atoms with Gasteiger partial charge in [0.25, 0.3) is 5.91 Å². The molecule has 0 radical (unpaired) electrons. The van der Waals surface area contributed by atoms with Crippen LogP contribution in [0, 0.1) is 5.82 Å². The molecule has 4 aromatic rings. The van der Waals surface area contributed by atoms with E-state index in [1.165, 1.54) is 12.1 Å². The average Bonchev–Trinajstić information content (AvgIpc) is 3.35. The summed E-state index contributed by atoms with van der Waals surface area (Å²) in [6, 6.07) is 6.28. The maximum absolute atomic E-state index is 14.3. The molecule has 1 aliphatic rings. The number of nitrogens with zero attached hydrogens (tertiary/aromatic N) is 5. The van der Waals surface area contributed by atoms with Crippen LogP contribution in [0.25, 0.3) is 22.5 Å². The number of aryl methyl sites for hydroxylation is 2. The van der Waals surface area contributed by atoms with Crippen molar-refractivity contribution in [2.24, 2.45) is 12.8 Å². The molecule has 1 atom stereocenters. The molecule has 4 heterocycles. The number of aromatic nitrogens is 5. The van der Waals surface area contributed by atoms with Crippen LogP contribution in [-0.4, -0.2) is 30.5 Å². The molecule has 2 bridgehead atoms. The van der Waals surface area contributed by atoms with Crippen LogP contribution in [0.2, 0.25) is 0 Å². The van der Waals surface area contributed by atoms with Gasteiger partial charge in [0.15, 0.2) is 17.3 Å². The number of carbonyl (C=O) groups excluding carboxylic acids is 1. The first kappa shape index (κ1) is 21.6. The summed E-state index contributed by atoms with van der Waals surface area (Å²) in [5.41, 5.74) is 16.9. The number of nitrogens with two attached hydrogens (primary N) is 2. The van der Waals surface area contributed by atoms with Crippen molar-refractivity contribution in [1.82, 2.24) is 24.5 Å². The van der Waals surface area contributed by atoms with E-state index in [-0.39, 0.29) is 17.3 Å². The molecule has 0 saturated heterocycles. The highest BCUT2D eigenvalue weighted by atomic mass is 19.1. The monoisotopic (exact) mass is 461 g/mol. The van der Waals surface area contributed by atoms with Gasteiger partial charge < -0.3 is 16.2 Å². The minimum atomic E-state index is -0.628. The normalized spacial score (nSPS) is 14.8. The second-order valence-electron chi connectivity index (χ2n) is 8.31. The number of benzene rings is 1. The second kappa shape index (κ2) is 7.98. The molecular weight excluding hydrogens is 437 g/mol. The number of carbonyl (C=O) groups is 1. The van der Waals surface area contributed by atoms with Crippen LogP contribution >= 0.6 is 0 Å². The molecule has 0 aliphatic carbocycles. The number of amides is 1. The number of pyridine rings is 1. The highest BCUT2D eigenvalue weighted by molar-refractivity contribution is 5.94.